The lowest BCUT2D eigenvalue weighted by Gasteiger charge is -2.36. The Morgan fingerprint density at radius 3 is 1.27 bits per heavy atom. The number of carbonyl (C=O) groups is 3. The molecule has 0 aliphatic rings. The van der Waals surface area contributed by atoms with E-state index in [1.165, 1.54) is 20.8 Å². The van der Waals surface area contributed by atoms with E-state index in [4.69, 9.17) is 24.8 Å². The third-order valence-electron chi connectivity index (χ3n) is 7.41. The highest BCUT2D eigenvalue weighted by molar-refractivity contribution is 5.82. The van der Waals surface area contributed by atoms with Crippen LogP contribution >= 0.6 is 0 Å². The summed E-state index contributed by atoms with van der Waals surface area (Å²) in [6.07, 6.45) is -27.1. The van der Waals surface area contributed by atoms with Crippen LogP contribution in [0.5, 0.6) is 0 Å². The van der Waals surface area contributed by atoms with E-state index in [9.17, 15) is 75.7 Å². The first-order chi connectivity index (χ1) is 24.0. The van der Waals surface area contributed by atoms with Gasteiger partial charge in [-0.15, -0.1) is 0 Å². The normalized spacial score (nSPS) is 20.3. The predicted octanol–water partition coefficient (Wildman–Crippen LogP) is -10.4. The molecule has 3 amide bonds. The van der Waals surface area contributed by atoms with Crippen molar-refractivity contribution in [3.63, 3.8) is 0 Å². The maximum atomic E-state index is 12.8. The number of hydrogen-bond donors (Lipinski definition) is 19. The van der Waals surface area contributed by atoms with Crippen molar-refractivity contribution in [3.05, 3.63) is 0 Å². The van der Waals surface area contributed by atoms with Gasteiger partial charge in [0.2, 0.25) is 0 Å². The number of nitrogens with one attached hydrogen (secondary N) is 4. The van der Waals surface area contributed by atoms with Crippen LogP contribution in [0.1, 0.15) is 20.8 Å². The zero-order chi connectivity index (χ0) is 40.6. The van der Waals surface area contributed by atoms with E-state index in [0.29, 0.717) is 0 Å². The third-order valence-corrected chi connectivity index (χ3v) is 7.41. The molecule has 12 unspecified atom stereocenters. The number of aliphatic hydroxyl groups excluding tert-OH is 15. The van der Waals surface area contributed by atoms with E-state index in [2.05, 4.69) is 21.3 Å². The van der Waals surface area contributed by atoms with E-state index >= 15 is 0 Å². The van der Waals surface area contributed by atoms with Crippen LogP contribution in [0.15, 0.2) is 0 Å². The van der Waals surface area contributed by atoms with Crippen molar-refractivity contribution in [2.75, 3.05) is 52.7 Å². The van der Waals surface area contributed by atoms with Crippen LogP contribution in [0.25, 0.3) is 0 Å². The zero-order valence-corrected chi connectivity index (χ0v) is 28.8. The number of aliphatic hydroxyl groups is 15. The molecule has 24 nitrogen and oxygen atoms in total. The topological polar surface area (TPSA) is 421 Å². The molecule has 0 aliphatic carbocycles. The van der Waals surface area contributed by atoms with Crippen LogP contribution in [-0.2, 0) is 19.1 Å². The second-order valence-electron chi connectivity index (χ2n) is 13.0. The number of rotatable bonds is 25. The van der Waals surface area contributed by atoms with Gasteiger partial charge < -0.3 is 102 Å². The molecule has 0 aromatic rings. The summed E-state index contributed by atoms with van der Waals surface area (Å²) in [6, 6.07) is 0. The highest BCUT2D eigenvalue weighted by Gasteiger charge is 2.39. The van der Waals surface area contributed by atoms with Gasteiger partial charge >= 0.3 is 6.09 Å². The first-order valence-electron chi connectivity index (χ1n) is 15.8. The number of carbonyl (C=O) groups excluding carboxylic acids is 3. The Hall–Kier alpha value is -2.47. The van der Waals surface area contributed by atoms with Crippen molar-refractivity contribution in [1.82, 2.24) is 21.3 Å². The summed E-state index contributed by atoms with van der Waals surface area (Å²) >= 11 is 0. The predicted molar refractivity (Wildman–Crippen MR) is 170 cm³/mol. The van der Waals surface area contributed by atoms with Gasteiger partial charge in [0.15, 0.2) is 18.5 Å². The Kier molecular flexibility index (Phi) is 22.2. The summed E-state index contributed by atoms with van der Waals surface area (Å²) in [5.41, 5.74) is -2.75. The van der Waals surface area contributed by atoms with Crippen molar-refractivity contribution in [2.24, 2.45) is 5.41 Å². The minimum absolute atomic E-state index is 0.497. The summed E-state index contributed by atoms with van der Waals surface area (Å²) in [5, 5.41) is 155. The molecule has 0 saturated carbocycles. The smallest absolute Gasteiger partial charge is 0.407 e. The van der Waals surface area contributed by atoms with Gasteiger partial charge in [-0.1, -0.05) is 0 Å². The lowest BCUT2D eigenvalue weighted by molar-refractivity contribution is -0.207. The Bertz CT molecular complexity index is 1010. The lowest BCUT2D eigenvalue weighted by Crippen LogP contribution is -2.60. The average Bonchev–Trinajstić information content (AvgIpc) is 3.11. The van der Waals surface area contributed by atoms with E-state index < -0.39 is 155 Å². The number of hydrogen-bond acceptors (Lipinski definition) is 21. The second kappa shape index (κ2) is 23.3. The van der Waals surface area contributed by atoms with Gasteiger partial charge in [0.05, 0.1) is 26.6 Å². The molecule has 24 heteroatoms. The summed E-state index contributed by atoms with van der Waals surface area (Å²) in [4.78, 5) is 38.2. The molecule has 0 aromatic carbocycles. The van der Waals surface area contributed by atoms with Crippen LogP contribution in [0.2, 0.25) is 0 Å². The van der Waals surface area contributed by atoms with E-state index in [1.54, 1.807) is 0 Å². The fourth-order valence-electron chi connectivity index (χ4n) is 4.13. The lowest BCUT2D eigenvalue weighted by atomic mass is 9.86. The van der Waals surface area contributed by atoms with Crippen molar-refractivity contribution < 1.29 is 100 Å². The van der Waals surface area contributed by atoms with Gasteiger partial charge in [-0.05, 0) is 20.8 Å². The molecule has 12 atom stereocenters. The van der Waals surface area contributed by atoms with Gasteiger partial charge in [0.25, 0.3) is 11.8 Å². The summed E-state index contributed by atoms with van der Waals surface area (Å²) in [5.74, 6) is -2.79. The molecule has 308 valence electrons. The standard InChI is InChI=1S/C28H56N4O20/c1-27(2,3)52-26(50)32-10-28(7-29-11-51-25(49)22(46)17(41)14(38)6-35,8-30-23(47)20(44)18(42)15(39)12(36)4-33)9-31-24(48)21(45)19(43)16(40)13(37)5-34/h12-22,25,29,33-46,49H,4-11H2,1-3H3,(H,30,47)(H,31,48)(H,32,50). The second-order valence-corrected chi connectivity index (χ2v) is 13.0. The number of ether oxygens (including phenoxy) is 2. The Balaban J connectivity index is 6.38. The van der Waals surface area contributed by atoms with Crippen molar-refractivity contribution >= 4 is 17.9 Å². The van der Waals surface area contributed by atoms with Crippen LogP contribution in [0, 0.1) is 5.41 Å². The van der Waals surface area contributed by atoms with Gasteiger partial charge in [-0.2, -0.15) is 0 Å². The van der Waals surface area contributed by atoms with Gasteiger partial charge in [-0.3, -0.25) is 14.9 Å². The molecular weight excluding hydrogens is 712 g/mol. The van der Waals surface area contributed by atoms with E-state index in [1.807, 2.05) is 0 Å². The molecule has 52 heavy (non-hydrogen) atoms. The third kappa shape index (κ3) is 16.7. The largest absolute Gasteiger partial charge is 0.444 e. The van der Waals surface area contributed by atoms with Crippen LogP contribution < -0.4 is 21.3 Å². The molecule has 0 aromatic heterocycles. The highest BCUT2D eigenvalue weighted by atomic mass is 16.6. The molecule has 0 rings (SSSR count). The molecule has 0 bridgehead atoms. The Morgan fingerprint density at radius 1 is 0.538 bits per heavy atom. The molecule has 0 spiro atoms. The minimum Gasteiger partial charge on any atom is -0.444 e. The zero-order valence-electron chi connectivity index (χ0n) is 28.8. The van der Waals surface area contributed by atoms with E-state index in [-0.39, 0.29) is 0 Å². The number of amides is 3. The van der Waals surface area contributed by atoms with Gasteiger partial charge in [-0.25, -0.2) is 4.79 Å². The highest BCUT2D eigenvalue weighted by Crippen LogP contribution is 2.17. The first kappa shape index (κ1) is 49.5. The average molecular weight is 769 g/mol. The molecule has 0 fully saturated rings. The number of alkyl carbamates (subject to hydrolysis) is 1. The van der Waals surface area contributed by atoms with Gasteiger partial charge in [0.1, 0.15) is 60.5 Å². The quantitative estimate of drug-likeness (QED) is 0.0303. The summed E-state index contributed by atoms with van der Waals surface area (Å²) in [6.45, 7) is -1.69. The van der Waals surface area contributed by atoms with Crippen molar-refractivity contribution in [3.8, 4) is 0 Å². The van der Waals surface area contributed by atoms with E-state index in [0.717, 1.165) is 0 Å². The van der Waals surface area contributed by atoms with Gasteiger partial charge in [0, 0.05) is 31.6 Å². The fraction of sp³-hybridized carbons (Fsp3) is 0.893. The Morgan fingerprint density at radius 2 is 0.904 bits per heavy atom. The van der Waals surface area contributed by atoms with Crippen LogP contribution in [0.3, 0.4) is 0 Å². The SMILES string of the molecule is CC(C)(C)OC(=O)NCC(CNCOC(O)C(O)C(O)C(O)CO)(CNC(=O)C(O)C(O)C(O)C(O)CO)CNC(=O)C(O)C(O)C(O)C(O)CO. The molecule has 19 N–H and O–H groups in total. The summed E-state index contributed by atoms with van der Waals surface area (Å²) in [7, 11) is 0. The molecule has 0 heterocycles. The fourth-order valence-corrected chi connectivity index (χ4v) is 4.13. The molecule has 0 radical (unpaired) electrons. The summed E-state index contributed by atoms with van der Waals surface area (Å²) < 4.78 is 10.2. The van der Waals surface area contributed by atoms with Crippen molar-refractivity contribution in [2.45, 2.75) is 99.8 Å². The van der Waals surface area contributed by atoms with Crippen molar-refractivity contribution in [1.29, 1.82) is 0 Å². The molecule has 0 saturated heterocycles. The maximum Gasteiger partial charge on any atom is 0.407 e. The Labute approximate surface area is 297 Å². The maximum absolute atomic E-state index is 12.8. The van der Waals surface area contributed by atoms with Crippen LogP contribution in [0.4, 0.5) is 4.79 Å². The molecular formula is C28H56N4O20. The first-order valence-corrected chi connectivity index (χ1v) is 15.8. The van der Waals surface area contributed by atoms with Crippen LogP contribution in [-0.4, -0.2) is 226 Å². The monoisotopic (exact) mass is 768 g/mol. The molecule has 0 aliphatic heterocycles. The minimum atomic E-state index is -2.44.